The van der Waals surface area contributed by atoms with E-state index in [4.69, 9.17) is 16.4 Å². The maximum absolute atomic E-state index is 13.2. The van der Waals surface area contributed by atoms with E-state index in [1.54, 1.807) is 28.8 Å². The van der Waals surface area contributed by atoms with Gasteiger partial charge in [0.05, 0.1) is 10.7 Å². The lowest BCUT2D eigenvalue weighted by molar-refractivity contribution is -0.142. The molecule has 1 fully saturated rings. The Hall–Kier alpha value is -3.11. The molecule has 10 nitrogen and oxygen atoms in total. The Morgan fingerprint density at radius 1 is 1.21 bits per heavy atom. The van der Waals surface area contributed by atoms with Gasteiger partial charge in [0.2, 0.25) is 5.95 Å². The van der Waals surface area contributed by atoms with Gasteiger partial charge in [0.25, 0.3) is 0 Å². The molecule has 152 valence electrons. The summed E-state index contributed by atoms with van der Waals surface area (Å²) in [5, 5.41) is 3.68. The molecule has 0 saturated carbocycles. The minimum atomic E-state index is -0.798. The molecule has 4 rings (SSSR count). The monoisotopic (exact) mass is 418 g/mol. The zero-order chi connectivity index (χ0) is 20.7. The number of hydrogen-bond donors (Lipinski definition) is 1. The van der Waals surface area contributed by atoms with Gasteiger partial charge >= 0.3 is 17.2 Å². The summed E-state index contributed by atoms with van der Waals surface area (Å²) >= 11 is 6.43. The van der Waals surface area contributed by atoms with Crippen LogP contribution in [0.25, 0.3) is 16.9 Å². The SMILES string of the molecule is CC(=O)On1c(=O)c2c(nc(N3CCNCC3)n2-c2ccccc2Cl)n(C)c1=O. The van der Waals surface area contributed by atoms with Crippen LogP contribution >= 0.6 is 11.6 Å². The zero-order valence-corrected chi connectivity index (χ0v) is 16.6. The van der Waals surface area contributed by atoms with Crippen LogP contribution in [0.1, 0.15) is 6.92 Å². The van der Waals surface area contributed by atoms with Crippen molar-refractivity contribution in [3.8, 4) is 5.69 Å². The van der Waals surface area contributed by atoms with Crippen molar-refractivity contribution < 1.29 is 9.63 Å². The van der Waals surface area contributed by atoms with E-state index in [1.165, 1.54) is 11.6 Å². The molecule has 0 bridgehead atoms. The molecular weight excluding hydrogens is 400 g/mol. The Morgan fingerprint density at radius 3 is 2.55 bits per heavy atom. The van der Waals surface area contributed by atoms with E-state index in [2.05, 4.69) is 10.3 Å². The molecule has 0 atom stereocenters. The number of aryl methyl sites for hydroxylation is 1. The number of carbonyl (C=O) groups is 1. The minimum absolute atomic E-state index is 0.0926. The Morgan fingerprint density at radius 2 is 1.90 bits per heavy atom. The van der Waals surface area contributed by atoms with Crippen LogP contribution in [0.4, 0.5) is 5.95 Å². The first-order chi connectivity index (χ1) is 13.9. The fourth-order valence-electron chi connectivity index (χ4n) is 3.38. The second-order valence-electron chi connectivity index (χ2n) is 6.63. The summed E-state index contributed by atoms with van der Waals surface area (Å²) in [5.74, 6) is -0.294. The molecular formula is C18H19ClN6O4. The number of benzene rings is 1. The molecule has 29 heavy (non-hydrogen) atoms. The first-order valence-corrected chi connectivity index (χ1v) is 9.42. The van der Waals surface area contributed by atoms with Crippen LogP contribution in [0.5, 0.6) is 0 Å². The summed E-state index contributed by atoms with van der Waals surface area (Å²) in [6.45, 7) is 3.96. The number of fused-ring (bicyclic) bond motifs is 1. The lowest BCUT2D eigenvalue weighted by Crippen LogP contribution is -2.45. The van der Waals surface area contributed by atoms with Gasteiger partial charge in [-0.25, -0.2) is 9.59 Å². The van der Waals surface area contributed by atoms with E-state index in [0.717, 1.165) is 20.0 Å². The van der Waals surface area contributed by atoms with E-state index >= 15 is 0 Å². The molecule has 0 amide bonds. The van der Waals surface area contributed by atoms with Crippen LogP contribution in [0.2, 0.25) is 5.02 Å². The molecule has 0 spiro atoms. The van der Waals surface area contributed by atoms with Crippen LogP contribution < -0.4 is 26.3 Å². The molecule has 1 N–H and O–H groups in total. The van der Waals surface area contributed by atoms with Crippen molar-refractivity contribution in [1.82, 2.24) is 24.2 Å². The summed E-state index contributed by atoms with van der Waals surface area (Å²) in [6, 6.07) is 7.04. The third-order valence-electron chi connectivity index (χ3n) is 4.72. The van der Waals surface area contributed by atoms with E-state index < -0.39 is 17.2 Å². The maximum Gasteiger partial charge on any atom is 0.366 e. The van der Waals surface area contributed by atoms with Crippen molar-refractivity contribution in [2.75, 3.05) is 31.1 Å². The number of piperazine rings is 1. The number of hydrogen-bond acceptors (Lipinski definition) is 7. The summed E-state index contributed by atoms with van der Waals surface area (Å²) in [4.78, 5) is 48.7. The van der Waals surface area contributed by atoms with Crippen molar-refractivity contribution in [2.45, 2.75) is 6.92 Å². The second kappa shape index (κ2) is 7.37. The van der Waals surface area contributed by atoms with Crippen molar-refractivity contribution in [1.29, 1.82) is 0 Å². The number of nitrogens with zero attached hydrogens (tertiary/aromatic N) is 5. The van der Waals surface area contributed by atoms with E-state index in [1.807, 2.05) is 4.90 Å². The van der Waals surface area contributed by atoms with Gasteiger partial charge in [0, 0.05) is 40.2 Å². The molecule has 1 aliphatic rings. The van der Waals surface area contributed by atoms with Gasteiger partial charge in [-0.05, 0) is 12.1 Å². The number of carbonyl (C=O) groups excluding carboxylic acids is 1. The molecule has 1 aromatic carbocycles. The Bertz CT molecular complexity index is 1220. The lowest BCUT2D eigenvalue weighted by Gasteiger charge is -2.28. The third kappa shape index (κ3) is 3.19. The number of imidazole rings is 1. The predicted octanol–water partition coefficient (Wildman–Crippen LogP) is -0.0760. The van der Waals surface area contributed by atoms with Gasteiger partial charge in [0.1, 0.15) is 0 Å². The topological polar surface area (TPSA) is 103 Å². The second-order valence-corrected chi connectivity index (χ2v) is 7.04. The molecule has 3 heterocycles. The molecule has 0 unspecified atom stereocenters. The summed E-state index contributed by atoms with van der Waals surface area (Å²) in [6.07, 6.45) is 0. The smallest absolute Gasteiger partial charge is 0.339 e. The van der Waals surface area contributed by atoms with Crippen LogP contribution in [-0.2, 0) is 11.8 Å². The fourth-order valence-corrected chi connectivity index (χ4v) is 3.60. The first kappa shape index (κ1) is 19.2. The van der Waals surface area contributed by atoms with Crippen molar-refractivity contribution >= 4 is 34.7 Å². The van der Waals surface area contributed by atoms with Crippen LogP contribution in [0.3, 0.4) is 0 Å². The standard InChI is InChI=1S/C18H19ClN6O4/c1-11(26)29-25-16(27)14-15(22(2)18(25)28)21-17(23-9-7-20-8-10-23)24(14)13-6-4-3-5-12(13)19/h3-6,20H,7-10H2,1-2H3. The predicted molar refractivity (Wildman–Crippen MR) is 108 cm³/mol. The van der Waals surface area contributed by atoms with Crippen LogP contribution in [0, 0.1) is 0 Å². The van der Waals surface area contributed by atoms with E-state index in [-0.39, 0.29) is 11.2 Å². The highest BCUT2D eigenvalue weighted by atomic mass is 35.5. The summed E-state index contributed by atoms with van der Waals surface area (Å²) < 4.78 is 3.24. The van der Waals surface area contributed by atoms with Gasteiger partial charge in [0.15, 0.2) is 11.2 Å². The van der Waals surface area contributed by atoms with Crippen LogP contribution in [0.15, 0.2) is 33.9 Å². The van der Waals surface area contributed by atoms with Crippen molar-refractivity contribution in [2.24, 2.45) is 7.05 Å². The number of rotatable bonds is 3. The molecule has 3 aromatic rings. The highest BCUT2D eigenvalue weighted by Crippen LogP contribution is 2.29. The Labute approximate surface area is 169 Å². The molecule has 0 radical (unpaired) electrons. The van der Waals surface area contributed by atoms with Crippen molar-refractivity contribution in [3.05, 3.63) is 50.1 Å². The highest BCUT2D eigenvalue weighted by molar-refractivity contribution is 6.32. The number of anilines is 1. The molecule has 0 aliphatic carbocycles. The first-order valence-electron chi connectivity index (χ1n) is 9.04. The third-order valence-corrected chi connectivity index (χ3v) is 5.04. The number of aromatic nitrogens is 4. The highest BCUT2D eigenvalue weighted by Gasteiger charge is 2.27. The Balaban J connectivity index is 2.12. The summed E-state index contributed by atoms with van der Waals surface area (Å²) in [7, 11) is 1.47. The van der Waals surface area contributed by atoms with E-state index in [0.29, 0.717) is 34.5 Å². The average Bonchev–Trinajstić information content (AvgIpc) is 3.11. The summed E-state index contributed by atoms with van der Waals surface area (Å²) in [5.41, 5.74) is -0.775. The minimum Gasteiger partial charge on any atom is -0.339 e. The lowest BCUT2D eigenvalue weighted by atomic mass is 10.3. The molecule has 11 heteroatoms. The maximum atomic E-state index is 13.2. The largest absolute Gasteiger partial charge is 0.366 e. The molecule has 1 aliphatic heterocycles. The Kier molecular flexibility index (Phi) is 4.89. The van der Waals surface area contributed by atoms with Gasteiger partial charge in [-0.15, -0.1) is 0 Å². The normalized spacial score (nSPS) is 14.4. The van der Waals surface area contributed by atoms with E-state index in [9.17, 15) is 14.4 Å². The number of para-hydroxylation sites is 1. The van der Waals surface area contributed by atoms with Crippen LogP contribution in [-0.4, -0.2) is 51.0 Å². The van der Waals surface area contributed by atoms with Crippen molar-refractivity contribution in [3.63, 3.8) is 0 Å². The number of halogens is 1. The molecule has 2 aromatic heterocycles. The van der Waals surface area contributed by atoms with Gasteiger partial charge in [-0.3, -0.25) is 13.9 Å². The zero-order valence-electron chi connectivity index (χ0n) is 15.9. The molecule has 1 saturated heterocycles. The number of nitrogens with one attached hydrogen (secondary N) is 1. The fraction of sp³-hybridized carbons (Fsp3) is 0.333. The van der Waals surface area contributed by atoms with Gasteiger partial charge < -0.3 is 15.1 Å². The van der Waals surface area contributed by atoms with Gasteiger partial charge in [-0.1, -0.05) is 28.5 Å². The quantitative estimate of drug-likeness (QED) is 0.634. The average molecular weight is 419 g/mol. The van der Waals surface area contributed by atoms with Gasteiger partial charge in [-0.2, -0.15) is 4.98 Å².